The van der Waals surface area contributed by atoms with E-state index in [1.807, 2.05) is 0 Å². The lowest BCUT2D eigenvalue weighted by Crippen LogP contribution is -2.41. The molecular weight excluding hydrogens is 273 g/mol. The molecule has 1 aliphatic rings. The van der Waals surface area contributed by atoms with E-state index in [9.17, 15) is 0 Å². The smallest absolute Gasteiger partial charge is 0.399 e. The van der Waals surface area contributed by atoms with Crippen molar-refractivity contribution in [2.45, 2.75) is 59.2 Å². The molecule has 1 saturated heterocycles. The van der Waals surface area contributed by atoms with Crippen molar-refractivity contribution in [3.05, 3.63) is 29.8 Å². The fraction of sp³-hybridized carbons (Fsp3) is 0.667. The van der Waals surface area contributed by atoms with Crippen molar-refractivity contribution in [1.82, 2.24) is 5.32 Å². The second-order valence-corrected chi connectivity index (χ2v) is 7.68. The summed E-state index contributed by atoms with van der Waals surface area (Å²) in [5.74, 6) is 0.700. The van der Waals surface area contributed by atoms with Gasteiger partial charge in [0, 0.05) is 0 Å². The Hall–Kier alpha value is -0.835. The van der Waals surface area contributed by atoms with E-state index in [0.717, 1.165) is 25.0 Å². The predicted octanol–water partition coefficient (Wildman–Crippen LogP) is 2.77. The number of nitrogens with one attached hydrogen (secondary N) is 1. The minimum Gasteiger partial charge on any atom is -0.399 e. The third-order valence-corrected chi connectivity index (χ3v) is 4.65. The lowest BCUT2D eigenvalue weighted by molar-refractivity contribution is 0.00578. The maximum Gasteiger partial charge on any atom is 0.494 e. The highest BCUT2D eigenvalue weighted by Crippen LogP contribution is 2.36. The van der Waals surface area contributed by atoms with Gasteiger partial charge in [0.25, 0.3) is 0 Å². The van der Waals surface area contributed by atoms with Gasteiger partial charge in [0.2, 0.25) is 0 Å². The monoisotopic (exact) mass is 303 g/mol. The van der Waals surface area contributed by atoms with Gasteiger partial charge in [-0.1, -0.05) is 38.1 Å². The summed E-state index contributed by atoms with van der Waals surface area (Å²) < 4.78 is 12.2. The van der Waals surface area contributed by atoms with E-state index in [-0.39, 0.29) is 18.3 Å². The molecule has 0 unspecified atom stereocenters. The Morgan fingerprint density at radius 2 is 1.55 bits per heavy atom. The van der Waals surface area contributed by atoms with Crippen LogP contribution in [-0.2, 0) is 15.7 Å². The van der Waals surface area contributed by atoms with E-state index in [1.165, 1.54) is 5.56 Å². The molecule has 122 valence electrons. The highest BCUT2D eigenvalue weighted by atomic mass is 16.7. The van der Waals surface area contributed by atoms with Gasteiger partial charge >= 0.3 is 7.12 Å². The molecule has 0 atom stereocenters. The third-order valence-electron chi connectivity index (χ3n) is 4.65. The fourth-order valence-corrected chi connectivity index (χ4v) is 2.44. The molecular formula is C18H30BNO2. The Kier molecular flexibility index (Phi) is 5.36. The van der Waals surface area contributed by atoms with Crippen molar-refractivity contribution < 1.29 is 9.31 Å². The zero-order valence-corrected chi connectivity index (χ0v) is 14.9. The SMILES string of the molecule is CC(C)CNCCc1ccc(B2OC(C)(C)C(C)(C)O2)cc1. The lowest BCUT2D eigenvalue weighted by Gasteiger charge is -2.32. The summed E-state index contributed by atoms with van der Waals surface area (Å²) in [6.45, 7) is 14.9. The molecule has 1 aromatic rings. The van der Waals surface area contributed by atoms with Gasteiger partial charge in [-0.05, 0) is 64.1 Å². The standard InChI is InChI=1S/C18H30BNO2/c1-14(2)13-20-12-11-15-7-9-16(10-8-15)19-21-17(3,4)18(5,6)22-19/h7-10,14,20H,11-13H2,1-6H3. The molecule has 22 heavy (non-hydrogen) atoms. The summed E-state index contributed by atoms with van der Waals surface area (Å²) in [5.41, 5.74) is 1.88. The molecule has 0 saturated carbocycles. The van der Waals surface area contributed by atoms with Gasteiger partial charge in [0.05, 0.1) is 11.2 Å². The number of hydrogen-bond acceptors (Lipinski definition) is 3. The molecule has 0 bridgehead atoms. The third kappa shape index (κ3) is 4.12. The van der Waals surface area contributed by atoms with E-state index in [4.69, 9.17) is 9.31 Å². The molecule has 1 aliphatic heterocycles. The van der Waals surface area contributed by atoms with Crippen LogP contribution in [0, 0.1) is 5.92 Å². The van der Waals surface area contributed by atoms with Crippen LogP contribution in [0.5, 0.6) is 0 Å². The van der Waals surface area contributed by atoms with Gasteiger partial charge in [-0.2, -0.15) is 0 Å². The summed E-state index contributed by atoms with van der Waals surface area (Å²) in [7, 11) is -0.266. The Labute approximate surface area is 135 Å². The van der Waals surface area contributed by atoms with Crippen LogP contribution in [0.1, 0.15) is 47.1 Å². The molecule has 0 aromatic heterocycles. The molecule has 1 N–H and O–H groups in total. The van der Waals surface area contributed by atoms with Crippen LogP contribution in [-0.4, -0.2) is 31.4 Å². The summed E-state index contributed by atoms with van der Waals surface area (Å²) in [5, 5.41) is 3.48. The van der Waals surface area contributed by atoms with Crippen LogP contribution in [0.2, 0.25) is 0 Å². The largest absolute Gasteiger partial charge is 0.494 e. The topological polar surface area (TPSA) is 30.5 Å². The first-order chi connectivity index (χ1) is 10.2. The van der Waals surface area contributed by atoms with Crippen molar-refractivity contribution in [2.24, 2.45) is 5.92 Å². The molecule has 2 rings (SSSR count). The van der Waals surface area contributed by atoms with Gasteiger partial charge in [0.1, 0.15) is 0 Å². The average Bonchev–Trinajstić information content (AvgIpc) is 2.64. The van der Waals surface area contributed by atoms with Crippen molar-refractivity contribution in [3.8, 4) is 0 Å². The second-order valence-electron chi connectivity index (χ2n) is 7.68. The highest BCUT2D eigenvalue weighted by Gasteiger charge is 2.51. The summed E-state index contributed by atoms with van der Waals surface area (Å²) in [6, 6.07) is 8.61. The maximum absolute atomic E-state index is 6.08. The van der Waals surface area contributed by atoms with Gasteiger partial charge in [-0.3, -0.25) is 0 Å². The summed E-state index contributed by atoms with van der Waals surface area (Å²) >= 11 is 0. The summed E-state index contributed by atoms with van der Waals surface area (Å²) in [4.78, 5) is 0. The van der Waals surface area contributed by atoms with Crippen LogP contribution >= 0.6 is 0 Å². The van der Waals surface area contributed by atoms with Gasteiger partial charge in [0.15, 0.2) is 0 Å². The van der Waals surface area contributed by atoms with Crippen molar-refractivity contribution in [1.29, 1.82) is 0 Å². The van der Waals surface area contributed by atoms with Crippen molar-refractivity contribution in [2.75, 3.05) is 13.1 Å². The highest BCUT2D eigenvalue weighted by molar-refractivity contribution is 6.62. The molecule has 1 fully saturated rings. The van der Waals surface area contributed by atoms with Crippen LogP contribution < -0.4 is 10.8 Å². The molecule has 4 heteroatoms. The van der Waals surface area contributed by atoms with E-state index in [0.29, 0.717) is 5.92 Å². The molecule has 0 amide bonds. The van der Waals surface area contributed by atoms with E-state index in [1.54, 1.807) is 0 Å². The normalized spacial score (nSPS) is 19.9. The van der Waals surface area contributed by atoms with Crippen LogP contribution in [0.3, 0.4) is 0 Å². The quantitative estimate of drug-likeness (QED) is 0.647. The Morgan fingerprint density at radius 3 is 2.05 bits per heavy atom. The van der Waals surface area contributed by atoms with E-state index < -0.39 is 0 Å². The fourth-order valence-electron chi connectivity index (χ4n) is 2.44. The Bertz CT molecular complexity index is 466. The van der Waals surface area contributed by atoms with Crippen molar-refractivity contribution >= 4 is 12.6 Å². The minimum atomic E-state index is -0.281. The Balaban J connectivity index is 1.90. The van der Waals surface area contributed by atoms with E-state index >= 15 is 0 Å². The van der Waals surface area contributed by atoms with Gasteiger partial charge in [-0.15, -0.1) is 0 Å². The van der Waals surface area contributed by atoms with E-state index in [2.05, 4.69) is 71.1 Å². The zero-order valence-electron chi connectivity index (χ0n) is 14.9. The number of hydrogen-bond donors (Lipinski definition) is 1. The molecule has 0 spiro atoms. The first kappa shape index (κ1) is 17.5. The first-order valence-electron chi connectivity index (χ1n) is 8.36. The lowest BCUT2D eigenvalue weighted by atomic mass is 9.79. The first-order valence-corrected chi connectivity index (χ1v) is 8.36. The molecule has 0 radical (unpaired) electrons. The number of benzene rings is 1. The van der Waals surface area contributed by atoms with Crippen molar-refractivity contribution in [3.63, 3.8) is 0 Å². The van der Waals surface area contributed by atoms with Crippen LogP contribution in [0.4, 0.5) is 0 Å². The molecule has 0 aliphatic carbocycles. The van der Waals surface area contributed by atoms with Crippen LogP contribution in [0.15, 0.2) is 24.3 Å². The van der Waals surface area contributed by atoms with Gasteiger partial charge < -0.3 is 14.6 Å². The van der Waals surface area contributed by atoms with Crippen LogP contribution in [0.25, 0.3) is 0 Å². The summed E-state index contributed by atoms with van der Waals surface area (Å²) in [6.07, 6.45) is 1.05. The maximum atomic E-state index is 6.08. The predicted molar refractivity (Wildman–Crippen MR) is 93.6 cm³/mol. The minimum absolute atomic E-state index is 0.266. The Morgan fingerprint density at radius 1 is 1.00 bits per heavy atom. The average molecular weight is 303 g/mol. The molecule has 1 heterocycles. The molecule has 3 nitrogen and oxygen atoms in total. The second kappa shape index (κ2) is 6.73. The number of rotatable bonds is 6. The zero-order chi connectivity index (χ0) is 16.4. The van der Waals surface area contributed by atoms with Gasteiger partial charge in [-0.25, -0.2) is 0 Å². The molecule has 1 aromatic carbocycles.